The van der Waals surface area contributed by atoms with Gasteiger partial charge in [0, 0.05) is 30.1 Å². The second-order valence-corrected chi connectivity index (χ2v) is 8.70. The Kier molecular flexibility index (Phi) is 2.33. The lowest BCUT2D eigenvalue weighted by Crippen LogP contribution is -2.72. The summed E-state index contributed by atoms with van der Waals surface area (Å²) in [6, 6.07) is 1.75. The third-order valence-electron chi connectivity index (χ3n) is 8.06. The Morgan fingerprint density at radius 3 is 2.88 bits per heavy atom. The van der Waals surface area contributed by atoms with Crippen LogP contribution in [0.3, 0.4) is 0 Å². The topological polar surface area (TPSA) is 86.0 Å². The van der Waals surface area contributed by atoms with Gasteiger partial charge in [0.1, 0.15) is 17.3 Å². The number of hydrogen-bond donors (Lipinski definition) is 1. The Balaban J connectivity index is 1.57. The number of rotatable bonds is 0. The standard InChI is InChI=1S/C19H20O6/c1-17-15-13(25-16(17)21)6-10-11(7-12(20)9-2-5-23-14(9)10)18(15)3-4-19(17,22)24-8-18/h2,5,10-11,13,15,22H,3-4,6-8H2,1H3/t10-,11-,13-,15+,17+,18?,19?/m1/s1. The molecule has 5 fully saturated rings. The van der Waals surface area contributed by atoms with E-state index in [1.54, 1.807) is 19.3 Å². The molecule has 0 aromatic carbocycles. The van der Waals surface area contributed by atoms with Gasteiger partial charge in [0.25, 0.3) is 0 Å². The minimum Gasteiger partial charge on any atom is -0.468 e. The second-order valence-electron chi connectivity index (χ2n) is 8.70. The van der Waals surface area contributed by atoms with Gasteiger partial charge in [-0.3, -0.25) is 9.59 Å². The van der Waals surface area contributed by atoms with Crippen molar-refractivity contribution in [2.24, 2.45) is 22.7 Å². The molecule has 7 atom stereocenters. The average molecular weight is 344 g/mol. The van der Waals surface area contributed by atoms with Crippen LogP contribution in [0.4, 0.5) is 0 Å². The highest BCUT2D eigenvalue weighted by atomic mass is 16.6. The van der Waals surface area contributed by atoms with Gasteiger partial charge in [-0.25, -0.2) is 0 Å². The number of aliphatic hydroxyl groups is 1. The molecule has 3 saturated heterocycles. The van der Waals surface area contributed by atoms with Crippen LogP contribution in [0.15, 0.2) is 16.7 Å². The molecule has 3 aliphatic carbocycles. The summed E-state index contributed by atoms with van der Waals surface area (Å²) in [6.45, 7) is 2.16. The Morgan fingerprint density at radius 2 is 2.12 bits per heavy atom. The molecule has 2 saturated carbocycles. The molecule has 1 spiro atoms. The monoisotopic (exact) mass is 344 g/mol. The number of fused-ring (bicyclic) bond motifs is 5. The van der Waals surface area contributed by atoms with Crippen molar-refractivity contribution in [3.05, 3.63) is 23.7 Å². The minimum absolute atomic E-state index is 0.0620. The first kappa shape index (κ1) is 14.5. The van der Waals surface area contributed by atoms with Gasteiger partial charge in [0.2, 0.25) is 0 Å². The van der Waals surface area contributed by atoms with Gasteiger partial charge in [0.05, 0.1) is 18.4 Å². The molecule has 7 rings (SSSR count). The summed E-state index contributed by atoms with van der Waals surface area (Å²) in [4.78, 5) is 25.5. The molecular weight excluding hydrogens is 324 g/mol. The lowest BCUT2D eigenvalue weighted by atomic mass is 9.41. The molecule has 132 valence electrons. The van der Waals surface area contributed by atoms with E-state index in [2.05, 4.69) is 0 Å². The maximum Gasteiger partial charge on any atom is 0.318 e. The average Bonchev–Trinajstić information content (AvgIpc) is 3.17. The van der Waals surface area contributed by atoms with Crippen molar-refractivity contribution in [1.29, 1.82) is 0 Å². The summed E-state index contributed by atoms with van der Waals surface area (Å²) in [6.07, 6.45) is 3.59. The molecule has 2 bridgehead atoms. The summed E-state index contributed by atoms with van der Waals surface area (Å²) < 4.78 is 17.4. The molecule has 1 N–H and O–H groups in total. The van der Waals surface area contributed by atoms with Crippen molar-refractivity contribution in [2.75, 3.05) is 6.61 Å². The number of carbonyl (C=O) groups is 2. The number of hydrogen-bond acceptors (Lipinski definition) is 6. The van der Waals surface area contributed by atoms with Crippen LogP contribution >= 0.6 is 0 Å². The molecule has 25 heavy (non-hydrogen) atoms. The molecule has 6 heteroatoms. The van der Waals surface area contributed by atoms with Gasteiger partial charge >= 0.3 is 5.97 Å². The molecule has 3 aliphatic heterocycles. The van der Waals surface area contributed by atoms with E-state index in [0.717, 1.165) is 12.2 Å². The number of furan rings is 1. The summed E-state index contributed by atoms with van der Waals surface area (Å²) >= 11 is 0. The molecular formula is C19H20O6. The molecule has 4 heterocycles. The van der Waals surface area contributed by atoms with E-state index in [-0.39, 0.29) is 41.0 Å². The van der Waals surface area contributed by atoms with Crippen LogP contribution in [0.2, 0.25) is 0 Å². The van der Waals surface area contributed by atoms with Gasteiger partial charge in [0.15, 0.2) is 11.6 Å². The van der Waals surface area contributed by atoms with Crippen LogP contribution < -0.4 is 0 Å². The molecule has 6 nitrogen and oxygen atoms in total. The zero-order valence-corrected chi connectivity index (χ0v) is 14.0. The molecule has 0 amide bonds. The third-order valence-corrected chi connectivity index (χ3v) is 8.06. The lowest BCUT2D eigenvalue weighted by molar-refractivity contribution is -0.373. The highest BCUT2D eigenvalue weighted by molar-refractivity contribution is 5.98. The van der Waals surface area contributed by atoms with E-state index in [1.165, 1.54) is 0 Å². The smallest absolute Gasteiger partial charge is 0.318 e. The van der Waals surface area contributed by atoms with Gasteiger partial charge in [-0.15, -0.1) is 0 Å². The number of esters is 1. The zero-order valence-electron chi connectivity index (χ0n) is 14.0. The predicted molar refractivity (Wildman–Crippen MR) is 82.5 cm³/mol. The minimum atomic E-state index is -1.45. The second kappa shape index (κ2) is 4.01. The number of carbonyl (C=O) groups excluding carboxylic acids is 2. The van der Waals surface area contributed by atoms with Gasteiger partial charge in [-0.2, -0.15) is 0 Å². The summed E-state index contributed by atoms with van der Waals surface area (Å²) in [7, 11) is 0. The fourth-order valence-corrected chi connectivity index (χ4v) is 6.94. The van der Waals surface area contributed by atoms with Crippen LogP contribution in [0.5, 0.6) is 0 Å². The van der Waals surface area contributed by atoms with E-state index < -0.39 is 11.2 Å². The fraction of sp³-hybridized carbons (Fsp3) is 0.684. The van der Waals surface area contributed by atoms with Crippen molar-refractivity contribution in [1.82, 2.24) is 0 Å². The maximum atomic E-state index is 12.8. The Morgan fingerprint density at radius 1 is 1.28 bits per heavy atom. The SMILES string of the molecule is C[C@]12C(=O)O[C@@H]3C[C@H]4c5occc5C(=O)C[C@H]4C4(CCC1(O)OC4)[C@@H]32. The first-order valence-electron chi connectivity index (χ1n) is 9.09. The lowest BCUT2D eigenvalue weighted by Gasteiger charge is -2.66. The van der Waals surface area contributed by atoms with Gasteiger partial charge in [-0.05, 0) is 31.7 Å². The molecule has 6 aliphatic rings. The van der Waals surface area contributed by atoms with E-state index in [4.69, 9.17) is 13.9 Å². The highest BCUT2D eigenvalue weighted by Gasteiger charge is 2.80. The van der Waals surface area contributed by atoms with Crippen molar-refractivity contribution < 1.29 is 28.6 Å². The van der Waals surface area contributed by atoms with Crippen LogP contribution in [-0.4, -0.2) is 35.4 Å². The molecule has 0 radical (unpaired) electrons. The van der Waals surface area contributed by atoms with E-state index >= 15 is 0 Å². The summed E-state index contributed by atoms with van der Waals surface area (Å²) in [5.74, 6) is -0.942. The normalized spacial score (nSPS) is 52.4. The van der Waals surface area contributed by atoms with Gasteiger partial charge < -0.3 is 19.0 Å². The first-order valence-corrected chi connectivity index (χ1v) is 9.09. The Labute approximate surface area is 144 Å². The van der Waals surface area contributed by atoms with Crippen molar-refractivity contribution in [3.63, 3.8) is 0 Å². The maximum absolute atomic E-state index is 12.8. The summed E-state index contributed by atoms with van der Waals surface area (Å²) in [5, 5.41) is 11.0. The van der Waals surface area contributed by atoms with Crippen molar-refractivity contribution in [2.45, 2.75) is 50.4 Å². The van der Waals surface area contributed by atoms with Crippen LogP contribution in [0, 0.1) is 22.7 Å². The van der Waals surface area contributed by atoms with Crippen LogP contribution in [0.1, 0.15) is 54.6 Å². The number of ether oxygens (including phenoxy) is 2. The summed E-state index contributed by atoms with van der Waals surface area (Å²) in [5.41, 5.74) is -0.697. The first-order chi connectivity index (χ1) is 11.9. The van der Waals surface area contributed by atoms with Crippen LogP contribution in [-0.2, 0) is 14.3 Å². The van der Waals surface area contributed by atoms with Crippen LogP contribution in [0.25, 0.3) is 0 Å². The largest absolute Gasteiger partial charge is 0.468 e. The quantitative estimate of drug-likeness (QED) is 0.725. The van der Waals surface area contributed by atoms with Gasteiger partial charge in [-0.1, -0.05) is 0 Å². The van der Waals surface area contributed by atoms with E-state index in [9.17, 15) is 14.7 Å². The van der Waals surface area contributed by atoms with E-state index in [0.29, 0.717) is 31.4 Å². The number of ketones is 1. The zero-order chi connectivity index (χ0) is 17.2. The molecule has 1 aromatic heterocycles. The number of Topliss-reactive ketones (excluding diaryl/α,β-unsaturated/α-hetero) is 1. The molecule has 2 unspecified atom stereocenters. The fourth-order valence-electron chi connectivity index (χ4n) is 6.94. The Hall–Kier alpha value is -1.66. The Bertz CT molecular complexity index is 816. The molecule has 1 aromatic rings. The van der Waals surface area contributed by atoms with Crippen molar-refractivity contribution in [3.8, 4) is 0 Å². The van der Waals surface area contributed by atoms with E-state index in [1.807, 2.05) is 0 Å². The highest BCUT2D eigenvalue weighted by Crippen LogP contribution is 2.73. The van der Waals surface area contributed by atoms with Crippen molar-refractivity contribution >= 4 is 11.8 Å². The predicted octanol–water partition coefficient (Wildman–Crippen LogP) is 2.02. The third kappa shape index (κ3) is 1.33.